The van der Waals surface area contributed by atoms with Crippen molar-refractivity contribution >= 4 is 0 Å². The van der Waals surface area contributed by atoms with Crippen molar-refractivity contribution in [2.45, 2.75) is 26.2 Å². The standard InChI is InChI=1S/C23H22N4O4/c1-14-4-6-15(7-5-14)21-12-27-16(13-30-21)10-19(25-27)23-24-22(26-31-23)18-9-8-17(28-2)11-20(18)29-3/h4-11,21H,12-13H2,1-3H3/t21-/m1/s1. The highest BCUT2D eigenvalue weighted by Gasteiger charge is 2.25. The lowest BCUT2D eigenvalue weighted by molar-refractivity contribution is -0.00113. The molecule has 4 aromatic rings. The van der Waals surface area contributed by atoms with Gasteiger partial charge in [-0.1, -0.05) is 35.0 Å². The van der Waals surface area contributed by atoms with Crippen LogP contribution >= 0.6 is 0 Å². The lowest BCUT2D eigenvalue weighted by Gasteiger charge is -2.24. The Hall–Kier alpha value is -3.65. The third-order valence-corrected chi connectivity index (χ3v) is 5.38. The number of nitrogens with zero attached hydrogens (tertiary/aromatic N) is 4. The predicted molar refractivity (Wildman–Crippen MR) is 113 cm³/mol. The van der Waals surface area contributed by atoms with Crippen molar-refractivity contribution in [3.8, 4) is 34.5 Å². The van der Waals surface area contributed by atoms with E-state index in [1.165, 1.54) is 5.56 Å². The maximum absolute atomic E-state index is 6.05. The van der Waals surface area contributed by atoms with Crippen LogP contribution in [0, 0.1) is 6.92 Å². The van der Waals surface area contributed by atoms with E-state index in [1.54, 1.807) is 20.3 Å². The van der Waals surface area contributed by atoms with E-state index in [1.807, 2.05) is 22.9 Å². The van der Waals surface area contributed by atoms with Gasteiger partial charge in [0.25, 0.3) is 5.89 Å². The normalized spacial score (nSPS) is 15.5. The summed E-state index contributed by atoms with van der Waals surface area (Å²) in [7, 11) is 3.20. The van der Waals surface area contributed by atoms with Crippen molar-refractivity contribution in [3.05, 3.63) is 65.4 Å². The summed E-state index contributed by atoms with van der Waals surface area (Å²) in [6.07, 6.45) is -0.0392. The van der Waals surface area contributed by atoms with Crippen LogP contribution in [0.3, 0.4) is 0 Å². The average Bonchev–Trinajstić information content (AvgIpc) is 3.45. The van der Waals surface area contributed by atoms with Gasteiger partial charge in [0.05, 0.1) is 38.6 Å². The van der Waals surface area contributed by atoms with Crippen LogP contribution in [0.4, 0.5) is 0 Å². The van der Waals surface area contributed by atoms with E-state index in [-0.39, 0.29) is 6.10 Å². The second-order valence-corrected chi connectivity index (χ2v) is 7.40. The predicted octanol–water partition coefficient (Wildman–Crippen LogP) is 4.20. The van der Waals surface area contributed by atoms with Crippen molar-refractivity contribution in [1.82, 2.24) is 19.9 Å². The van der Waals surface area contributed by atoms with Crippen molar-refractivity contribution in [2.24, 2.45) is 0 Å². The number of benzene rings is 2. The monoisotopic (exact) mass is 418 g/mol. The molecule has 0 bridgehead atoms. The fourth-order valence-electron chi connectivity index (χ4n) is 3.63. The molecule has 0 saturated carbocycles. The second kappa shape index (κ2) is 7.88. The summed E-state index contributed by atoms with van der Waals surface area (Å²) >= 11 is 0. The van der Waals surface area contributed by atoms with Gasteiger partial charge in [0, 0.05) is 6.07 Å². The second-order valence-electron chi connectivity index (χ2n) is 7.40. The molecule has 0 fully saturated rings. The molecule has 158 valence electrons. The highest BCUT2D eigenvalue weighted by molar-refractivity contribution is 5.66. The number of hydrogen-bond acceptors (Lipinski definition) is 7. The van der Waals surface area contributed by atoms with Gasteiger partial charge in [0.15, 0.2) is 5.69 Å². The Kier molecular flexibility index (Phi) is 4.91. The van der Waals surface area contributed by atoms with Gasteiger partial charge in [0.2, 0.25) is 5.82 Å². The first kappa shape index (κ1) is 19.3. The Morgan fingerprint density at radius 2 is 1.87 bits per heavy atom. The van der Waals surface area contributed by atoms with Crippen LogP contribution in [0.15, 0.2) is 53.1 Å². The summed E-state index contributed by atoms with van der Waals surface area (Å²) < 4.78 is 24.2. The Morgan fingerprint density at radius 1 is 1.03 bits per heavy atom. The van der Waals surface area contributed by atoms with Crippen molar-refractivity contribution < 1.29 is 18.7 Å². The Labute approximate surface area is 179 Å². The zero-order valence-electron chi connectivity index (χ0n) is 17.5. The van der Waals surface area contributed by atoms with Crippen molar-refractivity contribution in [2.75, 3.05) is 14.2 Å². The molecule has 0 aliphatic carbocycles. The minimum Gasteiger partial charge on any atom is -0.497 e. The first-order valence-electron chi connectivity index (χ1n) is 9.96. The fraction of sp³-hybridized carbons (Fsp3) is 0.261. The number of ether oxygens (including phenoxy) is 3. The molecule has 1 aliphatic rings. The largest absolute Gasteiger partial charge is 0.497 e. The summed E-state index contributed by atoms with van der Waals surface area (Å²) in [5.74, 6) is 2.07. The average molecular weight is 418 g/mol. The maximum Gasteiger partial charge on any atom is 0.278 e. The van der Waals surface area contributed by atoms with E-state index in [4.69, 9.17) is 18.7 Å². The van der Waals surface area contributed by atoms with Crippen LogP contribution < -0.4 is 9.47 Å². The van der Waals surface area contributed by atoms with E-state index in [0.717, 1.165) is 11.3 Å². The molecule has 0 N–H and O–H groups in total. The fourth-order valence-corrected chi connectivity index (χ4v) is 3.63. The van der Waals surface area contributed by atoms with Crippen LogP contribution in [0.25, 0.3) is 23.0 Å². The van der Waals surface area contributed by atoms with Gasteiger partial charge in [-0.05, 0) is 30.7 Å². The SMILES string of the molecule is COc1ccc(-c2noc(-c3cc4n(n3)C[C@H](c3ccc(C)cc3)OC4)n2)c(OC)c1. The first-order chi connectivity index (χ1) is 15.1. The first-order valence-corrected chi connectivity index (χ1v) is 9.96. The number of fused-ring (bicyclic) bond motifs is 1. The van der Waals surface area contributed by atoms with E-state index in [9.17, 15) is 0 Å². The number of hydrogen-bond donors (Lipinski definition) is 0. The lowest BCUT2D eigenvalue weighted by atomic mass is 10.1. The molecule has 0 radical (unpaired) electrons. The molecule has 0 saturated heterocycles. The van der Waals surface area contributed by atoms with Crippen LogP contribution in [-0.4, -0.2) is 34.1 Å². The van der Waals surface area contributed by atoms with Crippen LogP contribution in [0.1, 0.15) is 22.9 Å². The highest BCUT2D eigenvalue weighted by Crippen LogP contribution is 2.33. The zero-order chi connectivity index (χ0) is 21.4. The molecule has 0 amide bonds. The Bertz CT molecular complexity index is 1210. The van der Waals surface area contributed by atoms with Crippen molar-refractivity contribution in [1.29, 1.82) is 0 Å². The van der Waals surface area contributed by atoms with Gasteiger partial charge >= 0.3 is 0 Å². The summed E-state index contributed by atoms with van der Waals surface area (Å²) in [4.78, 5) is 4.53. The Balaban J connectivity index is 1.40. The minimum absolute atomic E-state index is 0.0392. The van der Waals surface area contributed by atoms with Gasteiger partial charge in [0.1, 0.15) is 17.6 Å². The minimum atomic E-state index is -0.0392. The number of aryl methyl sites for hydroxylation is 1. The quantitative estimate of drug-likeness (QED) is 0.480. The molecule has 2 aromatic heterocycles. The van der Waals surface area contributed by atoms with Gasteiger partial charge < -0.3 is 18.7 Å². The number of rotatable bonds is 5. The van der Waals surface area contributed by atoms with Crippen LogP contribution in [0.2, 0.25) is 0 Å². The molecule has 2 aromatic carbocycles. The zero-order valence-corrected chi connectivity index (χ0v) is 17.5. The maximum atomic E-state index is 6.05. The molecule has 1 atom stereocenters. The molecule has 8 heteroatoms. The van der Waals surface area contributed by atoms with Gasteiger partial charge in [-0.15, -0.1) is 0 Å². The molecular weight excluding hydrogens is 396 g/mol. The number of methoxy groups -OCH3 is 2. The van der Waals surface area contributed by atoms with Gasteiger partial charge in [-0.3, -0.25) is 4.68 Å². The number of aromatic nitrogens is 4. The van der Waals surface area contributed by atoms with Gasteiger partial charge in [-0.2, -0.15) is 10.1 Å². The van der Waals surface area contributed by atoms with Crippen molar-refractivity contribution in [3.63, 3.8) is 0 Å². The molecule has 8 nitrogen and oxygen atoms in total. The Morgan fingerprint density at radius 3 is 2.65 bits per heavy atom. The molecular formula is C23H22N4O4. The van der Waals surface area contributed by atoms with E-state index in [0.29, 0.717) is 47.6 Å². The van der Waals surface area contributed by atoms with Crippen LogP contribution in [0.5, 0.6) is 11.5 Å². The third-order valence-electron chi connectivity index (χ3n) is 5.38. The van der Waals surface area contributed by atoms with E-state index >= 15 is 0 Å². The molecule has 3 heterocycles. The smallest absolute Gasteiger partial charge is 0.278 e. The van der Waals surface area contributed by atoms with E-state index in [2.05, 4.69) is 46.4 Å². The summed E-state index contributed by atoms with van der Waals surface area (Å²) in [5.41, 5.74) is 4.67. The van der Waals surface area contributed by atoms with E-state index < -0.39 is 0 Å². The molecule has 0 unspecified atom stereocenters. The van der Waals surface area contributed by atoms with Gasteiger partial charge in [-0.25, -0.2) is 0 Å². The molecule has 31 heavy (non-hydrogen) atoms. The summed E-state index contributed by atoms with van der Waals surface area (Å²) in [6, 6.07) is 15.8. The van der Waals surface area contributed by atoms with Crippen LogP contribution in [-0.2, 0) is 17.9 Å². The highest BCUT2D eigenvalue weighted by atomic mass is 16.5. The summed E-state index contributed by atoms with van der Waals surface area (Å²) in [5, 5.41) is 8.80. The lowest BCUT2D eigenvalue weighted by Crippen LogP contribution is -2.21. The topological polar surface area (TPSA) is 84.4 Å². The third kappa shape index (κ3) is 3.66. The molecule has 0 spiro atoms. The molecule has 1 aliphatic heterocycles. The molecule has 5 rings (SSSR count). The summed E-state index contributed by atoms with van der Waals surface area (Å²) in [6.45, 7) is 3.17.